The average molecular weight is 417 g/mol. The number of halogens is 2. The summed E-state index contributed by atoms with van der Waals surface area (Å²) in [5, 5.41) is 1.82. The van der Waals surface area contributed by atoms with Crippen molar-refractivity contribution in [3.05, 3.63) is 94.6 Å². The van der Waals surface area contributed by atoms with Gasteiger partial charge in [0.25, 0.3) is 0 Å². The summed E-state index contributed by atoms with van der Waals surface area (Å²) in [6.07, 6.45) is 2.03. The zero-order chi connectivity index (χ0) is 22.4. The normalized spacial score (nSPS) is 12.3. The van der Waals surface area contributed by atoms with E-state index in [1.165, 1.54) is 18.2 Å². The Labute approximate surface area is 181 Å². The number of allylic oxidation sites excluding steroid dienone is 3. The van der Waals surface area contributed by atoms with Crippen LogP contribution in [0.3, 0.4) is 0 Å². The lowest BCUT2D eigenvalue weighted by atomic mass is 9.87. The second-order valence-electron chi connectivity index (χ2n) is 8.55. The lowest BCUT2D eigenvalue weighted by molar-refractivity contribution is 0.618. The highest BCUT2D eigenvalue weighted by atomic mass is 19.1. The number of furan rings is 1. The molecule has 4 aromatic rings. The van der Waals surface area contributed by atoms with Crippen molar-refractivity contribution in [1.82, 2.24) is 0 Å². The van der Waals surface area contributed by atoms with Gasteiger partial charge < -0.3 is 4.42 Å². The quantitative estimate of drug-likeness (QED) is 0.304. The van der Waals surface area contributed by atoms with Crippen LogP contribution in [0.5, 0.6) is 0 Å². The van der Waals surface area contributed by atoms with E-state index >= 15 is 0 Å². The van der Waals surface area contributed by atoms with Crippen LogP contribution in [0.15, 0.2) is 59.5 Å². The van der Waals surface area contributed by atoms with Crippen LogP contribution in [0.2, 0.25) is 0 Å². The van der Waals surface area contributed by atoms with E-state index in [1.54, 1.807) is 18.2 Å². The van der Waals surface area contributed by atoms with Gasteiger partial charge in [-0.25, -0.2) is 8.78 Å². The largest absolute Gasteiger partial charge is 0.455 e. The van der Waals surface area contributed by atoms with Crippen LogP contribution in [0.25, 0.3) is 33.1 Å². The minimum Gasteiger partial charge on any atom is -0.455 e. The van der Waals surface area contributed by atoms with Crippen molar-refractivity contribution in [3.8, 4) is 0 Å². The Morgan fingerprint density at radius 2 is 1.58 bits per heavy atom. The van der Waals surface area contributed by atoms with Crippen molar-refractivity contribution in [2.75, 3.05) is 0 Å². The van der Waals surface area contributed by atoms with E-state index < -0.39 is 0 Å². The standard InChI is InChI=1S/C28H26F2O/c1-15(2)23(24-13-20(29)8-7-16(24)3)12-18(5)27-19(6)17(4)11-25-22-10-9-21(30)14-26(22)31-28(25)27/h7-15H,5H2,1-4,6H3/b23-12-. The third-order valence-electron chi connectivity index (χ3n) is 6.03. The lowest BCUT2D eigenvalue weighted by Crippen LogP contribution is -1.99. The molecule has 0 unspecified atom stereocenters. The van der Waals surface area contributed by atoms with Gasteiger partial charge >= 0.3 is 0 Å². The summed E-state index contributed by atoms with van der Waals surface area (Å²) >= 11 is 0. The van der Waals surface area contributed by atoms with E-state index in [1.807, 2.05) is 19.9 Å². The van der Waals surface area contributed by atoms with Crippen LogP contribution < -0.4 is 0 Å². The van der Waals surface area contributed by atoms with E-state index in [-0.39, 0.29) is 17.6 Å². The number of hydrogen-bond acceptors (Lipinski definition) is 1. The van der Waals surface area contributed by atoms with Crippen molar-refractivity contribution in [3.63, 3.8) is 0 Å². The van der Waals surface area contributed by atoms with Crippen LogP contribution >= 0.6 is 0 Å². The molecule has 0 saturated heterocycles. The second-order valence-corrected chi connectivity index (χ2v) is 8.55. The Kier molecular flexibility index (Phi) is 5.30. The van der Waals surface area contributed by atoms with E-state index in [9.17, 15) is 8.78 Å². The summed E-state index contributed by atoms with van der Waals surface area (Å²) in [7, 11) is 0. The molecule has 0 bridgehead atoms. The number of aryl methyl sites for hydroxylation is 2. The zero-order valence-corrected chi connectivity index (χ0v) is 18.6. The predicted octanol–water partition coefficient (Wildman–Crippen LogP) is 8.54. The molecule has 0 atom stereocenters. The number of rotatable bonds is 4. The SMILES string of the molecule is C=C(/C=C(\c1cc(F)ccc1C)C(C)C)c1c(C)c(C)cc2c1oc1cc(F)ccc12. The molecule has 1 nitrogen and oxygen atoms in total. The van der Waals surface area contributed by atoms with Crippen LogP contribution in [-0.2, 0) is 0 Å². The first kappa shape index (κ1) is 21.0. The van der Waals surface area contributed by atoms with Gasteiger partial charge in [-0.3, -0.25) is 0 Å². The molecule has 4 rings (SSSR count). The minimum absolute atomic E-state index is 0.169. The second kappa shape index (κ2) is 7.81. The van der Waals surface area contributed by atoms with Crippen LogP contribution in [-0.4, -0.2) is 0 Å². The highest BCUT2D eigenvalue weighted by Crippen LogP contribution is 2.39. The van der Waals surface area contributed by atoms with E-state index in [4.69, 9.17) is 4.42 Å². The fourth-order valence-electron chi connectivity index (χ4n) is 4.22. The third kappa shape index (κ3) is 3.69. The smallest absolute Gasteiger partial charge is 0.143 e. The van der Waals surface area contributed by atoms with Gasteiger partial charge in [-0.2, -0.15) is 0 Å². The topological polar surface area (TPSA) is 13.1 Å². The molecule has 0 N–H and O–H groups in total. The number of benzene rings is 3. The van der Waals surface area contributed by atoms with E-state index in [2.05, 4.69) is 33.4 Å². The van der Waals surface area contributed by atoms with Gasteiger partial charge in [0.2, 0.25) is 0 Å². The predicted molar refractivity (Wildman–Crippen MR) is 126 cm³/mol. The van der Waals surface area contributed by atoms with Gasteiger partial charge in [0, 0.05) is 22.4 Å². The molecule has 0 aliphatic heterocycles. The summed E-state index contributed by atoms with van der Waals surface area (Å²) in [6.45, 7) is 14.6. The highest BCUT2D eigenvalue weighted by molar-refractivity contribution is 6.10. The Morgan fingerprint density at radius 3 is 2.29 bits per heavy atom. The fourth-order valence-corrected chi connectivity index (χ4v) is 4.22. The molecule has 0 radical (unpaired) electrons. The molecule has 0 fully saturated rings. The van der Waals surface area contributed by atoms with Gasteiger partial charge in [-0.1, -0.05) is 32.6 Å². The summed E-state index contributed by atoms with van der Waals surface area (Å²) in [6, 6.07) is 11.6. The van der Waals surface area contributed by atoms with Crippen molar-refractivity contribution < 1.29 is 13.2 Å². The summed E-state index contributed by atoms with van der Waals surface area (Å²) in [5.41, 5.74) is 7.98. The lowest BCUT2D eigenvalue weighted by Gasteiger charge is -2.17. The molecule has 0 aliphatic carbocycles. The molecule has 0 amide bonds. The van der Waals surface area contributed by atoms with Gasteiger partial charge in [0.05, 0.1) is 0 Å². The Hall–Kier alpha value is -3.20. The minimum atomic E-state index is -0.330. The third-order valence-corrected chi connectivity index (χ3v) is 6.03. The molecule has 158 valence electrons. The molecular weight excluding hydrogens is 390 g/mol. The van der Waals surface area contributed by atoms with Crippen molar-refractivity contribution in [1.29, 1.82) is 0 Å². The molecule has 0 spiro atoms. The maximum absolute atomic E-state index is 14.0. The first-order valence-electron chi connectivity index (χ1n) is 10.5. The highest BCUT2D eigenvalue weighted by Gasteiger charge is 2.18. The Bertz CT molecular complexity index is 1370. The molecule has 0 aliphatic rings. The molecular formula is C28H26F2O. The monoisotopic (exact) mass is 416 g/mol. The van der Waals surface area contributed by atoms with E-state index in [0.717, 1.165) is 49.7 Å². The van der Waals surface area contributed by atoms with Crippen LogP contribution in [0, 0.1) is 38.3 Å². The van der Waals surface area contributed by atoms with Gasteiger partial charge in [-0.05, 0) is 90.4 Å². The summed E-state index contributed by atoms with van der Waals surface area (Å²) in [4.78, 5) is 0. The summed E-state index contributed by atoms with van der Waals surface area (Å²) < 4.78 is 33.9. The Balaban J connectivity index is 1.96. The van der Waals surface area contributed by atoms with Crippen molar-refractivity contribution >= 4 is 33.1 Å². The molecule has 1 aromatic heterocycles. The first-order valence-corrected chi connectivity index (χ1v) is 10.5. The Morgan fingerprint density at radius 1 is 0.903 bits per heavy atom. The molecule has 0 saturated carbocycles. The molecule has 31 heavy (non-hydrogen) atoms. The van der Waals surface area contributed by atoms with Gasteiger partial charge in [0.1, 0.15) is 22.8 Å². The average Bonchev–Trinajstić information content (AvgIpc) is 3.05. The number of fused-ring (bicyclic) bond motifs is 3. The fraction of sp³-hybridized carbons (Fsp3) is 0.214. The first-order chi connectivity index (χ1) is 14.7. The summed E-state index contributed by atoms with van der Waals surface area (Å²) in [5.74, 6) is -0.419. The van der Waals surface area contributed by atoms with Crippen molar-refractivity contribution in [2.45, 2.75) is 34.6 Å². The van der Waals surface area contributed by atoms with Crippen LogP contribution in [0.4, 0.5) is 8.78 Å². The molecule has 3 heteroatoms. The maximum atomic E-state index is 14.0. The van der Waals surface area contributed by atoms with Gasteiger partial charge in [-0.15, -0.1) is 0 Å². The van der Waals surface area contributed by atoms with E-state index in [0.29, 0.717) is 11.2 Å². The zero-order valence-electron chi connectivity index (χ0n) is 18.6. The number of hydrogen-bond donors (Lipinski definition) is 0. The maximum Gasteiger partial charge on any atom is 0.143 e. The van der Waals surface area contributed by atoms with Crippen LogP contribution in [0.1, 0.15) is 41.7 Å². The molecule has 1 heterocycles. The van der Waals surface area contributed by atoms with Gasteiger partial charge in [0.15, 0.2) is 0 Å². The van der Waals surface area contributed by atoms with Crippen molar-refractivity contribution in [2.24, 2.45) is 5.92 Å². The molecule has 3 aromatic carbocycles.